The van der Waals surface area contributed by atoms with E-state index >= 15 is 0 Å². The second-order valence-electron chi connectivity index (χ2n) is 3.51. The Balaban J connectivity index is 2.29. The predicted octanol–water partition coefficient (Wildman–Crippen LogP) is 0.511. The fraction of sp³-hybridized carbons (Fsp3) is 0.455. The van der Waals surface area contributed by atoms with E-state index in [0.29, 0.717) is 12.8 Å². The largest absolute Gasteiger partial charge is 0.394 e. The molecule has 0 saturated heterocycles. The van der Waals surface area contributed by atoms with Gasteiger partial charge < -0.3 is 10.4 Å². The van der Waals surface area contributed by atoms with E-state index in [2.05, 4.69) is 10.3 Å². The average molecular weight is 208 g/mol. The van der Waals surface area contributed by atoms with Gasteiger partial charge in [0.25, 0.3) is 0 Å². The zero-order valence-corrected chi connectivity index (χ0v) is 8.81. The topological polar surface area (TPSA) is 62.2 Å². The Morgan fingerprint density at radius 1 is 1.67 bits per heavy atom. The molecule has 1 aromatic rings. The lowest BCUT2D eigenvalue weighted by Crippen LogP contribution is -2.35. The van der Waals surface area contributed by atoms with Crippen molar-refractivity contribution < 1.29 is 9.90 Å². The minimum atomic E-state index is -0.175. The van der Waals surface area contributed by atoms with E-state index in [9.17, 15) is 4.79 Å². The molecule has 0 aliphatic rings. The smallest absolute Gasteiger partial charge is 0.220 e. The molecule has 4 heteroatoms. The van der Waals surface area contributed by atoms with Gasteiger partial charge in [0, 0.05) is 24.9 Å². The summed E-state index contributed by atoms with van der Waals surface area (Å²) in [4.78, 5) is 15.3. The molecule has 1 rings (SSSR count). The van der Waals surface area contributed by atoms with Crippen LogP contribution in [-0.2, 0) is 11.2 Å². The third-order valence-electron chi connectivity index (χ3n) is 2.04. The number of aromatic nitrogens is 1. The summed E-state index contributed by atoms with van der Waals surface area (Å²) in [5.41, 5.74) is 1.05. The maximum absolute atomic E-state index is 11.3. The second kappa shape index (κ2) is 6.14. The van der Waals surface area contributed by atoms with E-state index in [4.69, 9.17) is 5.11 Å². The third-order valence-corrected chi connectivity index (χ3v) is 2.04. The summed E-state index contributed by atoms with van der Waals surface area (Å²) in [5.74, 6) is -0.0413. The van der Waals surface area contributed by atoms with Gasteiger partial charge in [-0.25, -0.2) is 0 Å². The highest BCUT2D eigenvalue weighted by Gasteiger charge is 2.05. The molecular formula is C11H16N2O2. The van der Waals surface area contributed by atoms with Crippen molar-refractivity contribution in [3.63, 3.8) is 0 Å². The summed E-state index contributed by atoms with van der Waals surface area (Å²) < 4.78 is 0. The number of hydrogen-bond donors (Lipinski definition) is 2. The number of hydrogen-bond acceptors (Lipinski definition) is 3. The summed E-state index contributed by atoms with van der Waals surface area (Å²) in [7, 11) is 0. The number of nitrogens with one attached hydrogen (secondary N) is 1. The quantitative estimate of drug-likeness (QED) is 0.741. The lowest BCUT2D eigenvalue weighted by molar-refractivity contribution is -0.121. The molecule has 0 aliphatic carbocycles. The molecular weight excluding hydrogens is 192 g/mol. The Hall–Kier alpha value is -1.42. The zero-order valence-electron chi connectivity index (χ0n) is 8.81. The zero-order chi connectivity index (χ0) is 11.1. The molecule has 82 valence electrons. The highest BCUT2D eigenvalue weighted by molar-refractivity contribution is 5.76. The van der Waals surface area contributed by atoms with E-state index in [1.807, 2.05) is 12.1 Å². The maximum atomic E-state index is 11.3. The lowest BCUT2D eigenvalue weighted by atomic mass is 10.1. The average Bonchev–Trinajstić information content (AvgIpc) is 2.27. The van der Waals surface area contributed by atoms with E-state index in [1.165, 1.54) is 0 Å². The van der Waals surface area contributed by atoms with Crippen LogP contribution < -0.4 is 5.32 Å². The highest BCUT2D eigenvalue weighted by atomic mass is 16.3. The number of aliphatic hydroxyl groups excluding tert-OH is 1. The van der Waals surface area contributed by atoms with Gasteiger partial charge in [-0.3, -0.25) is 9.78 Å². The van der Waals surface area contributed by atoms with Crippen LogP contribution in [-0.4, -0.2) is 28.6 Å². The van der Waals surface area contributed by atoms with Crippen molar-refractivity contribution >= 4 is 5.91 Å². The third kappa shape index (κ3) is 4.56. The van der Waals surface area contributed by atoms with Gasteiger partial charge in [0.05, 0.1) is 6.61 Å². The molecule has 0 saturated carbocycles. The molecule has 0 unspecified atom stereocenters. The van der Waals surface area contributed by atoms with Crippen molar-refractivity contribution in [2.45, 2.75) is 25.8 Å². The first-order valence-corrected chi connectivity index (χ1v) is 5.01. The standard InChI is InChI=1S/C11H16N2O2/c1-9(8-14)13-11(15)5-4-10-3-2-6-12-7-10/h2-3,6-7,9,14H,4-5,8H2,1H3,(H,13,15)/t9-/m0/s1. The summed E-state index contributed by atoms with van der Waals surface area (Å²) in [6.45, 7) is 1.74. The van der Waals surface area contributed by atoms with E-state index in [-0.39, 0.29) is 18.6 Å². The first kappa shape index (κ1) is 11.7. The van der Waals surface area contributed by atoms with Crippen LogP contribution in [0.15, 0.2) is 24.5 Å². The molecule has 0 bridgehead atoms. The summed E-state index contributed by atoms with van der Waals surface area (Å²) in [6, 6.07) is 3.62. The Kier molecular flexibility index (Phi) is 4.77. The van der Waals surface area contributed by atoms with Crippen molar-refractivity contribution in [2.24, 2.45) is 0 Å². The van der Waals surface area contributed by atoms with Gasteiger partial charge in [0.15, 0.2) is 0 Å². The minimum Gasteiger partial charge on any atom is -0.394 e. The lowest BCUT2D eigenvalue weighted by Gasteiger charge is -2.10. The number of rotatable bonds is 5. The van der Waals surface area contributed by atoms with Gasteiger partial charge in [-0.2, -0.15) is 0 Å². The molecule has 0 aromatic carbocycles. The summed E-state index contributed by atoms with van der Waals surface area (Å²) in [5, 5.41) is 11.4. The Bertz CT molecular complexity index is 301. The summed E-state index contributed by atoms with van der Waals surface area (Å²) >= 11 is 0. The normalized spacial score (nSPS) is 12.1. The number of pyridine rings is 1. The number of aliphatic hydroxyl groups is 1. The van der Waals surface area contributed by atoms with Gasteiger partial charge >= 0.3 is 0 Å². The van der Waals surface area contributed by atoms with Crippen molar-refractivity contribution in [1.29, 1.82) is 0 Å². The molecule has 0 aliphatic heterocycles. The number of aryl methyl sites for hydroxylation is 1. The van der Waals surface area contributed by atoms with E-state index in [0.717, 1.165) is 5.56 Å². The van der Waals surface area contributed by atoms with Crippen LogP contribution in [0.3, 0.4) is 0 Å². The number of nitrogens with zero attached hydrogens (tertiary/aromatic N) is 1. The first-order valence-electron chi connectivity index (χ1n) is 5.01. The van der Waals surface area contributed by atoms with Crippen molar-refractivity contribution in [3.8, 4) is 0 Å². The number of carbonyl (C=O) groups excluding carboxylic acids is 1. The van der Waals surface area contributed by atoms with Crippen molar-refractivity contribution in [2.75, 3.05) is 6.61 Å². The molecule has 15 heavy (non-hydrogen) atoms. The first-order chi connectivity index (χ1) is 7.22. The van der Waals surface area contributed by atoms with Crippen LogP contribution >= 0.6 is 0 Å². The molecule has 0 spiro atoms. The molecule has 1 heterocycles. The molecule has 1 amide bonds. The van der Waals surface area contributed by atoms with Gasteiger partial charge in [-0.05, 0) is 25.0 Å². The van der Waals surface area contributed by atoms with Crippen LogP contribution in [0.5, 0.6) is 0 Å². The van der Waals surface area contributed by atoms with Crippen molar-refractivity contribution in [1.82, 2.24) is 10.3 Å². The molecule has 1 atom stereocenters. The van der Waals surface area contributed by atoms with E-state index in [1.54, 1.807) is 19.3 Å². The minimum absolute atomic E-state index is 0.0291. The molecule has 1 aromatic heterocycles. The van der Waals surface area contributed by atoms with E-state index < -0.39 is 0 Å². The number of carbonyl (C=O) groups is 1. The Morgan fingerprint density at radius 3 is 3.07 bits per heavy atom. The SMILES string of the molecule is C[C@@H](CO)NC(=O)CCc1cccnc1. The van der Waals surface area contributed by atoms with Gasteiger partial charge in [-0.1, -0.05) is 6.07 Å². The molecule has 0 radical (unpaired) electrons. The second-order valence-corrected chi connectivity index (χ2v) is 3.51. The monoisotopic (exact) mass is 208 g/mol. The fourth-order valence-corrected chi connectivity index (χ4v) is 1.20. The van der Waals surface area contributed by atoms with Crippen LogP contribution in [0.4, 0.5) is 0 Å². The molecule has 4 nitrogen and oxygen atoms in total. The maximum Gasteiger partial charge on any atom is 0.220 e. The fourth-order valence-electron chi connectivity index (χ4n) is 1.20. The Morgan fingerprint density at radius 2 is 2.47 bits per heavy atom. The number of amides is 1. The Labute approximate surface area is 89.3 Å². The van der Waals surface area contributed by atoms with Gasteiger partial charge in [0.2, 0.25) is 5.91 Å². The molecule has 2 N–H and O–H groups in total. The van der Waals surface area contributed by atoms with Crippen LogP contribution in [0.25, 0.3) is 0 Å². The van der Waals surface area contributed by atoms with Crippen molar-refractivity contribution in [3.05, 3.63) is 30.1 Å². The van der Waals surface area contributed by atoms with Gasteiger partial charge in [-0.15, -0.1) is 0 Å². The van der Waals surface area contributed by atoms with Gasteiger partial charge in [0.1, 0.15) is 0 Å². The molecule has 0 fully saturated rings. The summed E-state index contributed by atoms with van der Waals surface area (Å²) in [6.07, 6.45) is 4.56. The highest BCUT2D eigenvalue weighted by Crippen LogP contribution is 2.00. The van der Waals surface area contributed by atoms with Crippen LogP contribution in [0, 0.1) is 0 Å². The van der Waals surface area contributed by atoms with Crippen LogP contribution in [0.1, 0.15) is 18.9 Å². The van der Waals surface area contributed by atoms with Crippen LogP contribution in [0.2, 0.25) is 0 Å². The predicted molar refractivity (Wildman–Crippen MR) is 57.2 cm³/mol.